The summed E-state index contributed by atoms with van der Waals surface area (Å²) in [5.41, 5.74) is -0.425. The molecule has 1 heterocycles. The molecule has 2 rings (SSSR count). The van der Waals surface area contributed by atoms with Crippen LogP contribution < -0.4 is 5.32 Å². The number of anilines is 1. The third-order valence-electron chi connectivity index (χ3n) is 2.18. The molecule has 10 heteroatoms. The number of tetrazole rings is 1. The molecule has 0 aliphatic heterocycles. The highest BCUT2D eigenvalue weighted by Gasteiger charge is 2.16. The highest BCUT2D eigenvalue weighted by atomic mass is 79.9. The van der Waals surface area contributed by atoms with E-state index in [2.05, 4.69) is 41.9 Å². The van der Waals surface area contributed by atoms with Crippen molar-refractivity contribution < 1.29 is 13.2 Å². The van der Waals surface area contributed by atoms with Crippen LogP contribution in [0.5, 0.6) is 0 Å². The number of hydrogen-bond donors (Lipinski definition) is 2. The average molecular weight is 345 g/mol. The Kier molecular flexibility index (Phi) is 3.99. The number of aromatic amines is 1. The zero-order valence-corrected chi connectivity index (χ0v) is 11.0. The predicted octanol–water partition coefficient (Wildman–Crippen LogP) is 2.36. The summed E-state index contributed by atoms with van der Waals surface area (Å²) in [5.74, 6) is -3.64. The molecular formula is C10H4BrF3N6. The summed E-state index contributed by atoms with van der Waals surface area (Å²) < 4.78 is 39.2. The van der Waals surface area contributed by atoms with Gasteiger partial charge in [0.05, 0.1) is 10.2 Å². The maximum atomic E-state index is 13.7. The first-order chi connectivity index (χ1) is 9.54. The molecule has 6 nitrogen and oxygen atoms in total. The number of nitrogens with zero attached hydrogens (tertiary/aromatic N) is 4. The first kappa shape index (κ1) is 14.0. The molecule has 1 aromatic heterocycles. The van der Waals surface area contributed by atoms with Crippen molar-refractivity contribution >= 4 is 27.2 Å². The van der Waals surface area contributed by atoms with E-state index in [1.54, 1.807) is 6.07 Å². The number of allylic oxidation sites excluding steroid dienone is 1. The van der Waals surface area contributed by atoms with Crippen LogP contribution >= 0.6 is 15.9 Å². The van der Waals surface area contributed by atoms with Crippen LogP contribution in [0.25, 0.3) is 5.57 Å². The van der Waals surface area contributed by atoms with Crippen molar-refractivity contribution in [2.45, 2.75) is 0 Å². The number of benzene rings is 1. The fraction of sp³-hybridized carbons (Fsp3) is 0. The molecule has 0 aliphatic rings. The lowest BCUT2D eigenvalue weighted by molar-refractivity contribution is 0.489. The molecule has 0 saturated carbocycles. The van der Waals surface area contributed by atoms with Gasteiger partial charge in [-0.1, -0.05) is 0 Å². The fourth-order valence-electron chi connectivity index (χ4n) is 1.25. The van der Waals surface area contributed by atoms with Crippen molar-refractivity contribution in [3.63, 3.8) is 0 Å². The van der Waals surface area contributed by atoms with Gasteiger partial charge in [-0.05, 0) is 21.1 Å². The van der Waals surface area contributed by atoms with Gasteiger partial charge in [0.25, 0.3) is 0 Å². The Bertz CT molecular complexity index is 707. The van der Waals surface area contributed by atoms with Gasteiger partial charge in [-0.15, -0.1) is 10.2 Å². The summed E-state index contributed by atoms with van der Waals surface area (Å²) >= 11 is 2.59. The number of rotatable bonds is 3. The monoisotopic (exact) mass is 344 g/mol. The van der Waals surface area contributed by atoms with Crippen LogP contribution in [0.1, 0.15) is 5.82 Å². The SMILES string of the molecule is N#CC(=CNc1cc(F)c(F)c(Br)c1F)c1nn[nH]n1. The zero-order valence-electron chi connectivity index (χ0n) is 9.46. The second-order valence-corrected chi connectivity index (χ2v) is 4.19. The molecule has 0 radical (unpaired) electrons. The zero-order chi connectivity index (χ0) is 14.7. The lowest BCUT2D eigenvalue weighted by Crippen LogP contribution is -1.99. The normalized spacial score (nSPS) is 11.2. The Labute approximate surface area is 118 Å². The summed E-state index contributed by atoms with van der Waals surface area (Å²) in [6.45, 7) is 0. The first-order valence-corrected chi connectivity index (χ1v) is 5.77. The van der Waals surface area contributed by atoms with Crippen LogP contribution in [-0.4, -0.2) is 20.6 Å². The molecule has 1 aromatic carbocycles. The van der Waals surface area contributed by atoms with Crippen molar-refractivity contribution in [3.8, 4) is 6.07 Å². The molecule has 0 spiro atoms. The van der Waals surface area contributed by atoms with Crippen molar-refractivity contribution in [1.29, 1.82) is 5.26 Å². The van der Waals surface area contributed by atoms with Crippen molar-refractivity contribution in [1.82, 2.24) is 20.6 Å². The van der Waals surface area contributed by atoms with Gasteiger partial charge in [-0.2, -0.15) is 10.5 Å². The van der Waals surface area contributed by atoms with Gasteiger partial charge in [-0.3, -0.25) is 0 Å². The molecule has 2 aromatic rings. The minimum absolute atomic E-state index is 0.0259. The highest BCUT2D eigenvalue weighted by molar-refractivity contribution is 9.10. The quantitative estimate of drug-likeness (QED) is 0.506. The molecule has 0 aliphatic carbocycles. The largest absolute Gasteiger partial charge is 0.358 e. The van der Waals surface area contributed by atoms with E-state index in [1.165, 1.54) is 0 Å². The van der Waals surface area contributed by atoms with Crippen LogP contribution in [-0.2, 0) is 0 Å². The standard InChI is InChI=1S/C10H4BrF3N6/c11-7-8(13)5(12)1-6(9(7)14)16-3-4(2-15)10-17-19-20-18-10/h1,3,16H,(H,17,18,19,20). The maximum Gasteiger partial charge on any atom is 0.216 e. The average Bonchev–Trinajstić information content (AvgIpc) is 2.96. The van der Waals surface area contributed by atoms with Crippen LogP contribution in [0.3, 0.4) is 0 Å². The van der Waals surface area contributed by atoms with E-state index in [9.17, 15) is 13.2 Å². The minimum Gasteiger partial charge on any atom is -0.358 e. The van der Waals surface area contributed by atoms with E-state index < -0.39 is 21.9 Å². The van der Waals surface area contributed by atoms with Crippen molar-refractivity contribution in [2.24, 2.45) is 0 Å². The van der Waals surface area contributed by atoms with Crippen molar-refractivity contribution in [3.05, 3.63) is 40.0 Å². The molecular weight excluding hydrogens is 341 g/mol. The lowest BCUT2D eigenvalue weighted by atomic mass is 10.2. The first-order valence-electron chi connectivity index (χ1n) is 4.98. The Balaban J connectivity index is 2.34. The van der Waals surface area contributed by atoms with E-state index in [0.29, 0.717) is 6.07 Å². The van der Waals surface area contributed by atoms with Crippen LogP contribution in [0, 0.1) is 28.8 Å². The molecule has 2 N–H and O–H groups in total. The molecule has 0 bridgehead atoms. The molecule has 0 fully saturated rings. The summed E-state index contributed by atoms with van der Waals surface area (Å²) in [6.07, 6.45) is 1.05. The van der Waals surface area contributed by atoms with Gasteiger partial charge in [0, 0.05) is 12.3 Å². The van der Waals surface area contributed by atoms with E-state index in [-0.39, 0.29) is 17.1 Å². The van der Waals surface area contributed by atoms with E-state index in [1.807, 2.05) is 0 Å². The number of H-pyrrole nitrogens is 1. The van der Waals surface area contributed by atoms with Gasteiger partial charge < -0.3 is 5.32 Å². The van der Waals surface area contributed by atoms with Crippen LogP contribution in [0.15, 0.2) is 16.7 Å². The third-order valence-corrected chi connectivity index (χ3v) is 2.88. The number of aromatic nitrogens is 4. The second-order valence-electron chi connectivity index (χ2n) is 3.40. The number of nitriles is 1. The topological polar surface area (TPSA) is 90.3 Å². The van der Waals surface area contributed by atoms with E-state index in [0.717, 1.165) is 6.20 Å². The third kappa shape index (κ3) is 2.62. The summed E-state index contributed by atoms with van der Waals surface area (Å²) in [5, 5.41) is 23.7. The molecule has 0 atom stereocenters. The molecule has 102 valence electrons. The van der Waals surface area contributed by atoms with Gasteiger partial charge in [-0.25, -0.2) is 13.2 Å². The number of hydrogen-bond acceptors (Lipinski definition) is 5. The fourth-order valence-corrected chi connectivity index (χ4v) is 1.65. The molecule has 0 amide bonds. The number of halogens is 4. The Morgan fingerprint density at radius 3 is 2.75 bits per heavy atom. The van der Waals surface area contributed by atoms with E-state index in [4.69, 9.17) is 5.26 Å². The van der Waals surface area contributed by atoms with Crippen molar-refractivity contribution in [2.75, 3.05) is 5.32 Å². The lowest BCUT2D eigenvalue weighted by Gasteiger charge is -2.06. The molecule has 20 heavy (non-hydrogen) atoms. The molecule has 0 unspecified atom stereocenters. The Morgan fingerprint density at radius 2 is 2.15 bits per heavy atom. The smallest absolute Gasteiger partial charge is 0.216 e. The Morgan fingerprint density at radius 1 is 1.40 bits per heavy atom. The summed E-state index contributed by atoms with van der Waals surface area (Å²) in [4.78, 5) is 0. The van der Waals surface area contributed by atoms with Crippen LogP contribution in [0.4, 0.5) is 18.9 Å². The second kappa shape index (κ2) is 5.70. The van der Waals surface area contributed by atoms with Gasteiger partial charge >= 0.3 is 0 Å². The minimum atomic E-state index is -1.34. The number of nitrogens with one attached hydrogen (secondary N) is 2. The highest BCUT2D eigenvalue weighted by Crippen LogP contribution is 2.28. The van der Waals surface area contributed by atoms with Gasteiger partial charge in [0.1, 0.15) is 11.6 Å². The van der Waals surface area contributed by atoms with Gasteiger partial charge in [0.15, 0.2) is 17.5 Å². The van der Waals surface area contributed by atoms with Gasteiger partial charge in [0.2, 0.25) is 5.82 Å². The summed E-state index contributed by atoms with van der Waals surface area (Å²) in [7, 11) is 0. The van der Waals surface area contributed by atoms with Crippen LogP contribution in [0.2, 0.25) is 0 Å². The van der Waals surface area contributed by atoms with E-state index >= 15 is 0 Å². The summed E-state index contributed by atoms with van der Waals surface area (Å²) in [6, 6.07) is 2.37. The predicted molar refractivity (Wildman–Crippen MR) is 65.4 cm³/mol. The molecule has 0 saturated heterocycles. The Hall–Kier alpha value is -2.41. The maximum absolute atomic E-state index is 13.7.